The average Bonchev–Trinajstić information content (AvgIpc) is 2.65. The van der Waals surface area contributed by atoms with Crippen LogP contribution in [0.2, 0.25) is 5.02 Å². The van der Waals surface area contributed by atoms with E-state index in [4.69, 9.17) is 21.1 Å². The first-order valence-corrected chi connectivity index (χ1v) is 10.0. The predicted octanol–water partition coefficient (Wildman–Crippen LogP) is 5.30. The molecule has 28 heavy (non-hydrogen) atoms. The molecule has 0 heterocycles. The largest absolute Gasteiger partial charge is 0.491 e. The minimum absolute atomic E-state index is 0.00228. The lowest BCUT2D eigenvalue weighted by Gasteiger charge is -2.23. The van der Waals surface area contributed by atoms with Gasteiger partial charge in [0.25, 0.3) is 5.91 Å². The second-order valence-electron chi connectivity index (χ2n) is 7.81. The van der Waals surface area contributed by atoms with Crippen LogP contribution in [-0.4, -0.2) is 25.2 Å². The number of amides is 1. The first kappa shape index (κ1) is 22.1. The van der Waals surface area contributed by atoms with Crippen molar-refractivity contribution >= 4 is 17.5 Å². The van der Waals surface area contributed by atoms with Crippen molar-refractivity contribution in [3.63, 3.8) is 0 Å². The molecule has 0 saturated heterocycles. The summed E-state index contributed by atoms with van der Waals surface area (Å²) in [5, 5.41) is 3.57. The van der Waals surface area contributed by atoms with Gasteiger partial charge in [-0.05, 0) is 54.2 Å². The minimum Gasteiger partial charge on any atom is -0.491 e. The predicted molar refractivity (Wildman–Crippen MR) is 115 cm³/mol. The van der Waals surface area contributed by atoms with Crippen molar-refractivity contribution in [2.24, 2.45) is 0 Å². The third kappa shape index (κ3) is 6.16. The molecule has 0 aromatic heterocycles. The molecule has 1 amide bonds. The standard InChI is InChI=1S/C23H30ClNO3/c1-6-20(28-17-11-12-19(24)16(2)15-17)22(26)25-13-14-27-21-10-8-7-9-18(21)23(3,4)5/h7-12,15,20H,6,13-14H2,1-5H3,(H,25,26)/t20-/m0/s1. The number of rotatable bonds is 8. The maximum atomic E-state index is 12.5. The average molecular weight is 404 g/mol. The van der Waals surface area contributed by atoms with Crippen LogP contribution in [-0.2, 0) is 10.2 Å². The number of ether oxygens (including phenoxy) is 2. The number of carbonyl (C=O) groups excluding carboxylic acids is 1. The molecule has 5 heteroatoms. The van der Waals surface area contributed by atoms with Gasteiger partial charge in [0.15, 0.2) is 6.10 Å². The highest BCUT2D eigenvalue weighted by Crippen LogP contribution is 2.30. The van der Waals surface area contributed by atoms with Gasteiger partial charge in [0.2, 0.25) is 0 Å². The lowest BCUT2D eigenvalue weighted by molar-refractivity contribution is -0.128. The van der Waals surface area contributed by atoms with Gasteiger partial charge in [-0.15, -0.1) is 0 Å². The number of hydrogen-bond donors (Lipinski definition) is 1. The van der Waals surface area contributed by atoms with E-state index in [0.717, 1.165) is 16.9 Å². The molecule has 1 N–H and O–H groups in total. The van der Waals surface area contributed by atoms with Crippen LogP contribution in [0.5, 0.6) is 11.5 Å². The highest BCUT2D eigenvalue weighted by atomic mass is 35.5. The van der Waals surface area contributed by atoms with E-state index in [1.54, 1.807) is 12.1 Å². The van der Waals surface area contributed by atoms with E-state index in [1.165, 1.54) is 0 Å². The number of nitrogens with one attached hydrogen (secondary N) is 1. The van der Waals surface area contributed by atoms with Crippen molar-refractivity contribution in [2.45, 2.75) is 52.6 Å². The molecule has 0 aliphatic carbocycles. The Bertz CT molecular complexity index is 799. The van der Waals surface area contributed by atoms with Crippen LogP contribution in [0.3, 0.4) is 0 Å². The first-order chi connectivity index (χ1) is 13.2. The van der Waals surface area contributed by atoms with E-state index < -0.39 is 6.10 Å². The molecule has 1 atom stereocenters. The Kier molecular flexibility index (Phi) is 7.76. The molecular weight excluding hydrogens is 374 g/mol. The van der Waals surface area contributed by atoms with Gasteiger partial charge in [-0.2, -0.15) is 0 Å². The fraction of sp³-hybridized carbons (Fsp3) is 0.435. The summed E-state index contributed by atoms with van der Waals surface area (Å²) in [5.41, 5.74) is 2.06. The summed E-state index contributed by atoms with van der Waals surface area (Å²) >= 11 is 6.04. The first-order valence-electron chi connectivity index (χ1n) is 9.65. The molecule has 0 saturated carbocycles. The number of para-hydroxylation sites is 1. The van der Waals surface area contributed by atoms with Crippen LogP contribution >= 0.6 is 11.6 Å². The van der Waals surface area contributed by atoms with Crippen molar-refractivity contribution in [2.75, 3.05) is 13.2 Å². The topological polar surface area (TPSA) is 47.6 Å². The lowest BCUT2D eigenvalue weighted by atomic mass is 9.86. The molecule has 2 rings (SSSR count). The minimum atomic E-state index is -0.553. The molecule has 2 aromatic carbocycles. The quantitative estimate of drug-likeness (QED) is 0.608. The normalized spacial score (nSPS) is 12.4. The van der Waals surface area contributed by atoms with Crippen LogP contribution in [0.25, 0.3) is 0 Å². The van der Waals surface area contributed by atoms with Crippen LogP contribution in [0.4, 0.5) is 0 Å². The van der Waals surface area contributed by atoms with E-state index in [-0.39, 0.29) is 11.3 Å². The van der Waals surface area contributed by atoms with Crippen LogP contribution < -0.4 is 14.8 Å². The van der Waals surface area contributed by atoms with Gasteiger partial charge in [0.1, 0.15) is 18.1 Å². The van der Waals surface area contributed by atoms with Gasteiger partial charge in [0, 0.05) is 5.02 Å². The van der Waals surface area contributed by atoms with Gasteiger partial charge in [0.05, 0.1) is 6.54 Å². The van der Waals surface area contributed by atoms with Crippen molar-refractivity contribution in [3.05, 3.63) is 58.6 Å². The molecule has 0 aliphatic heterocycles. The van der Waals surface area contributed by atoms with Crippen LogP contribution in [0, 0.1) is 6.92 Å². The molecule has 0 bridgehead atoms. The van der Waals surface area contributed by atoms with Crippen molar-refractivity contribution in [3.8, 4) is 11.5 Å². The third-order valence-electron chi connectivity index (χ3n) is 4.42. The summed E-state index contributed by atoms with van der Waals surface area (Å²) in [6, 6.07) is 13.4. The molecule has 152 valence electrons. The number of aryl methyl sites for hydroxylation is 1. The number of hydrogen-bond acceptors (Lipinski definition) is 3. The van der Waals surface area contributed by atoms with Gasteiger partial charge in [-0.25, -0.2) is 0 Å². The molecule has 0 spiro atoms. The Morgan fingerprint density at radius 1 is 1.18 bits per heavy atom. The molecule has 0 unspecified atom stereocenters. The van der Waals surface area contributed by atoms with Crippen LogP contribution in [0.1, 0.15) is 45.2 Å². The third-order valence-corrected chi connectivity index (χ3v) is 4.85. The highest BCUT2D eigenvalue weighted by molar-refractivity contribution is 6.31. The van der Waals surface area contributed by atoms with Crippen molar-refractivity contribution in [1.29, 1.82) is 0 Å². The second-order valence-corrected chi connectivity index (χ2v) is 8.22. The Morgan fingerprint density at radius 2 is 1.89 bits per heavy atom. The Balaban J connectivity index is 1.86. The SMILES string of the molecule is CC[C@H](Oc1ccc(Cl)c(C)c1)C(=O)NCCOc1ccccc1C(C)(C)C. The van der Waals surface area contributed by atoms with E-state index >= 15 is 0 Å². The number of halogens is 1. The van der Waals surface area contributed by atoms with Gasteiger partial charge in [-0.3, -0.25) is 4.79 Å². The monoisotopic (exact) mass is 403 g/mol. The zero-order valence-electron chi connectivity index (χ0n) is 17.3. The molecule has 4 nitrogen and oxygen atoms in total. The summed E-state index contributed by atoms with van der Waals surface area (Å²) in [4.78, 5) is 12.5. The van der Waals surface area contributed by atoms with Crippen LogP contribution in [0.15, 0.2) is 42.5 Å². The second kappa shape index (κ2) is 9.83. The molecule has 0 aliphatic rings. The van der Waals surface area contributed by atoms with Crippen molar-refractivity contribution < 1.29 is 14.3 Å². The van der Waals surface area contributed by atoms with Gasteiger partial charge >= 0.3 is 0 Å². The van der Waals surface area contributed by atoms with E-state index in [9.17, 15) is 4.79 Å². The van der Waals surface area contributed by atoms with Crippen molar-refractivity contribution in [1.82, 2.24) is 5.32 Å². The van der Waals surface area contributed by atoms with E-state index in [0.29, 0.717) is 30.3 Å². The maximum Gasteiger partial charge on any atom is 0.261 e. The Morgan fingerprint density at radius 3 is 2.54 bits per heavy atom. The van der Waals surface area contributed by atoms with E-state index in [1.807, 2.05) is 38.1 Å². The fourth-order valence-electron chi connectivity index (χ4n) is 2.84. The Hall–Kier alpha value is -2.20. The zero-order valence-corrected chi connectivity index (χ0v) is 18.1. The lowest BCUT2D eigenvalue weighted by Crippen LogP contribution is -2.39. The van der Waals surface area contributed by atoms with Gasteiger partial charge in [-0.1, -0.05) is 57.5 Å². The summed E-state index contributed by atoms with van der Waals surface area (Å²) in [6.07, 6.45) is 0.0174. The number of benzene rings is 2. The maximum absolute atomic E-state index is 12.5. The summed E-state index contributed by atoms with van der Waals surface area (Å²) in [5.74, 6) is 1.34. The highest BCUT2D eigenvalue weighted by Gasteiger charge is 2.20. The Labute approximate surface area is 173 Å². The zero-order chi connectivity index (χ0) is 20.7. The summed E-state index contributed by atoms with van der Waals surface area (Å²) in [7, 11) is 0. The molecular formula is C23H30ClNO3. The summed E-state index contributed by atoms with van der Waals surface area (Å²) in [6.45, 7) is 11.1. The fourth-order valence-corrected chi connectivity index (χ4v) is 2.96. The number of carbonyl (C=O) groups is 1. The van der Waals surface area contributed by atoms with E-state index in [2.05, 4.69) is 32.2 Å². The molecule has 0 radical (unpaired) electrons. The summed E-state index contributed by atoms with van der Waals surface area (Å²) < 4.78 is 11.7. The molecule has 0 fully saturated rings. The van der Waals surface area contributed by atoms with Gasteiger partial charge < -0.3 is 14.8 Å². The smallest absolute Gasteiger partial charge is 0.261 e. The molecule has 2 aromatic rings.